The molecule has 9 nitrogen and oxygen atoms in total. The van der Waals surface area contributed by atoms with Crippen molar-refractivity contribution in [2.75, 3.05) is 18.5 Å². The van der Waals surface area contributed by atoms with Crippen LogP contribution >= 0.6 is 0 Å². The minimum absolute atomic E-state index is 0.193. The SMILES string of the molecule is CCOC(=O)CCCCNc1ccc(S(N)(=O)=O)cc1[N+](=O)[O-]. The number of anilines is 1. The lowest BCUT2D eigenvalue weighted by atomic mass is 10.2. The number of carbonyl (C=O) groups excluding carboxylic acids is 1. The molecule has 0 amide bonds. The highest BCUT2D eigenvalue weighted by Crippen LogP contribution is 2.27. The van der Waals surface area contributed by atoms with E-state index in [0.29, 0.717) is 26.0 Å². The number of unbranched alkanes of at least 4 members (excludes halogenated alkanes) is 1. The van der Waals surface area contributed by atoms with Gasteiger partial charge in [0.2, 0.25) is 10.0 Å². The van der Waals surface area contributed by atoms with Gasteiger partial charge >= 0.3 is 5.97 Å². The molecule has 0 saturated carbocycles. The number of primary sulfonamides is 1. The number of sulfonamides is 1. The largest absolute Gasteiger partial charge is 0.466 e. The Morgan fingerprint density at radius 3 is 2.65 bits per heavy atom. The Morgan fingerprint density at radius 2 is 2.09 bits per heavy atom. The Bertz CT molecular complexity index is 674. The van der Waals surface area contributed by atoms with Gasteiger partial charge in [0, 0.05) is 19.0 Å². The molecule has 0 radical (unpaired) electrons. The van der Waals surface area contributed by atoms with Gasteiger partial charge in [-0.2, -0.15) is 0 Å². The van der Waals surface area contributed by atoms with Gasteiger partial charge in [-0.3, -0.25) is 14.9 Å². The van der Waals surface area contributed by atoms with Crippen molar-refractivity contribution in [2.45, 2.75) is 31.1 Å². The predicted octanol–water partition coefficient (Wildman–Crippen LogP) is 1.39. The molecule has 1 rings (SSSR count). The normalized spacial score (nSPS) is 11.0. The van der Waals surface area contributed by atoms with Gasteiger partial charge in [-0.05, 0) is 31.9 Å². The average molecular weight is 345 g/mol. The fraction of sp³-hybridized carbons (Fsp3) is 0.462. The molecule has 1 aromatic rings. The number of hydrogen-bond donors (Lipinski definition) is 2. The molecule has 0 aliphatic carbocycles. The standard InChI is InChI=1S/C13H19N3O6S/c1-2-22-13(17)5-3-4-8-15-11-7-6-10(23(14,20)21)9-12(11)16(18)19/h6-7,9,15H,2-5,8H2,1H3,(H2,14,20,21). The first-order valence-electron chi connectivity index (χ1n) is 6.96. The predicted molar refractivity (Wildman–Crippen MR) is 83.4 cm³/mol. The van der Waals surface area contributed by atoms with E-state index in [0.717, 1.165) is 6.07 Å². The van der Waals surface area contributed by atoms with Crippen LogP contribution in [0.5, 0.6) is 0 Å². The highest BCUT2D eigenvalue weighted by atomic mass is 32.2. The Hall–Kier alpha value is -2.20. The number of nitrogens with one attached hydrogen (secondary N) is 1. The Labute approximate surface area is 134 Å². The van der Waals surface area contributed by atoms with Crippen LogP contribution in [-0.4, -0.2) is 32.5 Å². The number of nitro benzene ring substituents is 1. The van der Waals surface area contributed by atoms with Crippen molar-refractivity contribution in [1.82, 2.24) is 0 Å². The van der Waals surface area contributed by atoms with Gasteiger partial charge in [0.15, 0.2) is 0 Å². The summed E-state index contributed by atoms with van der Waals surface area (Å²) in [5, 5.41) is 18.8. The number of nitrogens with two attached hydrogens (primary N) is 1. The second-order valence-corrected chi connectivity index (χ2v) is 6.23. The molecule has 0 unspecified atom stereocenters. The van der Waals surface area contributed by atoms with Gasteiger partial charge in [-0.15, -0.1) is 0 Å². The molecule has 1 aromatic carbocycles. The quantitative estimate of drug-likeness (QED) is 0.298. The number of nitro groups is 1. The Kier molecular flexibility index (Phi) is 6.91. The average Bonchev–Trinajstić information content (AvgIpc) is 2.46. The lowest BCUT2D eigenvalue weighted by molar-refractivity contribution is -0.384. The van der Waals surface area contributed by atoms with Gasteiger partial charge in [-0.1, -0.05) is 0 Å². The Morgan fingerprint density at radius 1 is 1.39 bits per heavy atom. The van der Waals surface area contributed by atoms with Crippen molar-refractivity contribution in [1.29, 1.82) is 0 Å². The third-order valence-electron chi connectivity index (χ3n) is 2.92. The number of carbonyl (C=O) groups is 1. The van der Waals surface area contributed by atoms with Crippen molar-refractivity contribution in [3.8, 4) is 0 Å². The zero-order chi connectivity index (χ0) is 17.5. The molecule has 3 N–H and O–H groups in total. The summed E-state index contributed by atoms with van der Waals surface area (Å²) in [7, 11) is -4.00. The molecular formula is C13H19N3O6S. The number of nitrogens with zero attached hydrogens (tertiary/aromatic N) is 1. The molecule has 0 heterocycles. The van der Waals surface area contributed by atoms with Crippen molar-refractivity contribution in [2.24, 2.45) is 5.14 Å². The number of hydrogen-bond acceptors (Lipinski definition) is 7. The van der Waals surface area contributed by atoms with Crippen LogP contribution in [0.2, 0.25) is 0 Å². The number of benzene rings is 1. The lowest BCUT2D eigenvalue weighted by Gasteiger charge is -2.08. The molecule has 0 spiro atoms. The van der Waals surface area contributed by atoms with Gasteiger partial charge in [-0.25, -0.2) is 13.6 Å². The fourth-order valence-corrected chi connectivity index (χ4v) is 2.37. The third kappa shape index (κ3) is 6.20. The minimum atomic E-state index is -4.00. The highest BCUT2D eigenvalue weighted by Gasteiger charge is 2.18. The van der Waals surface area contributed by atoms with E-state index in [1.165, 1.54) is 12.1 Å². The summed E-state index contributed by atoms with van der Waals surface area (Å²) in [6, 6.07) is 3.41. The molecule has 0 aliphatic heterocycles. The van der Waals surface area contributed by atoms with Crippen molar-refractivity contribution in [3.05, 3.63) is 28.3 Å². The lowest BCUT2D eigenvalue weighted by Crippen LogP contribution is -2.13. The molecule has 0 atom stereocenters. The van der Waals surface area contributed by atoms with Crippen molar-refractivity contribution in [3.63, 3.8) is 0 Å². The third-order valence-corrected chi connectivity index (χ3v) is 3.83. The number of rotatable bonds is 9. The minimum Gasteiger partial charge on any atom is -0.466 e. The van der Waals surface area contributed by atoms with Gasteiger partial charge in [0.25, 0.3) is 5.69 Å². The Balaban J connectivity index is 2.63. The topological polar surface area (TPSA) is 142 Å². The first-order chi connectivity index (χ1) is 10.8. The first kappa shape index (κ1) is 18.8. The van der Waals surface area contributed by atoms with E-state index in [-0.39, 0.29) is 28.7 Å². The molecule has 0 bridgehead atoms. The fourth-order valence-electron chi connectivity index (χ4n) is 1.84. The summed E-state index contributed by atoms with van der Waals surface area (Å²) >= 11 is 0. The smallest absolute Gasteiger partial charge is 0.305 e. The van der Waals surface area contributed by atoms with Gasteiger partial charge < -0.3 is 10.1 Å². The zero-order valence-electron chi connectivity index (χ0n) is 12.6. The van der Waals surface area contributed by atoms with Crippen LogP contribution in [0.3, 0.4) is 0 Å². The maximum atomic E-state index is 11.2. The maximum absolute atomic E-state index is 11.2. The van der Waals surface area contributed by atoms with Crippen molar-refractivity contribution < 1.29 is 22.9 Å². The highest BCUT2D eigenvalue weighted by molar-refractivity contribution is 7.89. The monoisotopic (exact) mass is 345 g/mol. The maximum Gasteiger partial charge on any atom is 0.305 e. The number of esters is 1. The van der Waals surface area contributed by atoms with Crippen molar-refractivity contribution >= 4 is 27.4 Å². The summed E-state index contributed by atoms with van der Waals surface area (Å²) < 4.78 is 27.2. The molecule has 23 heavy (non-hydrogen) atoms. The van der Waals surface area contributed by atoms with Crippen LogP contribution < -0.4 is 10.5 Å². The second kappa shape index (κ2) is 8.44. The number of ether oxygens (including phenoxy) is 1. The van der Waals surface area contributed by atoms with E-state index in [9.17, 15) is 23.3 Å². The van der Waals surface area contributed by atoms with Crippen LogP contribution in [-0.2, 0) is 19.6 Å². The molecular weight excluding hydrogens is 326 g/mol. The molecule has 0 aromatic heterocycles. The van der Waals surface area contributed by atoms with Crippen LogP contribution in [0, 0.1) is 10.1 Å². The zero-order valence-corrected chi connectivity index (χ0v) is 13.5. The first-order valence-corrected chi connectivity index (χ1v) is 8.51. The summed E-state index contributed by atoms with van der Waals surface area (Å²) in [5.74, 6) is -0.281. The van der Waals surface area contributed by atoms with Crippen LogP contribution in [0.15, 0.2) is 23.1 Å². The van der Waals surface area contributed by atoms with E-state index in [1.54, 1.807) is 6.92 Å². The van der Waals surface area contributed by atoms with E-state index < -0.39 is 14.9 Å². The molecule has 128 valence electrons. The van der Waals surface area contributed by atoms with Gasteiger partial charge in [0.05, 0.1) is 16.4 Å². The molecule has 0 saturated heterocycles. The van der Waals surface area contributed by atoms with E-state index in [4.69, 9.17) is 9.88 Å². The molecule has 10 heteroatoms. The van der Waals surface area contributed by atoms with E-state index in [2.05, 4.69) is 5.32 Å². The second-order valence-electron chi connectivity index (χ2n) is 4.67. The van der Waals surface area contributed by atoms with E-state index >= 15 is 0 Å². The molecule has 0 aliphatic rings. The van der Waals surface area contributed by atoms with Crippen LogP contribution in [0.1, 0.15) is 26.2 Å². The molecule has 0 fully saturated rings. The summed E-state index contributed by atoms with van der Waals surface area (Å²) in [5.41, 5.74) is -0.180. The van der Waals surface area contributed by atoms with Crippen LogP contribution in [0.4, 0.5) is 11.4 Å². The van der Waals surface area contributed by atoms with E-state index in [1.807, 2.05) is 0 Å². The van der Waals surface area contributed by atoms with Gasteiger partial charge in [0.1, 0.15) is 5.69 Å². The van der Waals surface area contributed by atoms with Crippen LogP contribution in [0.25, 0.3) is 0 Å². The summed E-state index contributed by atoms with van der Waals surface area (Å²) in [6.45, 7) is 2.46. The summed E-state index contributed by atoms with van der Waals surface area (Å²) in [6.07, 6.45) is 1.46. The summed E-state index contributed by atoms with van der Waals surface area (Å²) in [4.78, 5) is 21.2.